The zero-order chi connectivity index (χ0) is 17.0. The zero-order valence-corrected chi connectivity index (χ0v) is 13.0. The lowest BCUT2D eigenvalue weighted by atomic mass is 9.96. The maximum atomic E-state index is 12.8. The molecule has 0 aliphatic carbocycles. The molecule has 124 valence electrons. The van der Waals surface area contributed by atoms with Gasteiger partial charge in [0.05, 0.1) is 4.92 Å². The van der Waals surface area contributed by atoms with Crippen molar-refractivity contribution in [1.82, 2.24) is 4.90 Å². The second-order valence-electron chi connectivity index (χ2n) is 5.84. The van der Waals surface area contributed by atoms with Crippen molar-refractivity contribution in [3.05, 3.63) is 39.4 Å². The number of nitro benzene ring substituents is 1. The molecule has 1 saturated heterocycles. The summed E-state index contributed by atoms with van der Waals surface area (Å²) in [6.45, 7) is 2.27. The largest absolute Gasteiger partial charge is 0.481 e. The number of nitro groups is 1. The van der Waals surface area contributed by atoms with Crippen LogP contribution in [0.3, 0.4) is 0 Å². The molecule has 1 amide bonds. The van der Waals surface area contributed by atoms with E-state index in [1.807, 2.05) is 0 Å². The average molecular weight is 320 g/mol. The minimum atomic E-state index is -0.866. The van der Waals surface area contributed by atoms with Gasteiger partial charge in [0.1, 0.15) is 0 Å². The van der Waals surface area contributed by atoms with Crippen LogP contribution in [0, 0.1) is 17.0 Å². The Bertz CT molecular complexity index is 629. The van der Waals surface area contributed by atoms with Crippen LogP contribution in [0.25, 0.3) is 0 Å². The van der Waals surface area contributed by atoms with Crippen LogP contribution in [0.4, 0.5) is 5.69 Å². The lowest BCUT2D eigenvalue weighted by molar-refractivity contribution is -0.384. The number of hydrogen-bond acceptors (Lipinski definition) is 4. The van der Waals surface area contributed by atoms with Crippen molar-refractivity contribution in [2.75, 3.05) is 6.54 Å². The molecule has 1 heterocycles. The number of aryl methyl sites for hydroxylation is 1. The molecule has 1 N–H and O–H groups in total. The van der Waals surface area contributed by atoms with Crippen molar-refractivity contribution in [2.24, 2.45) is 0 Å². The number of hydrogen-bond donors (Lipinski definition) is 1. The normalized spacial score (nSPS) is 17.8. The summed E-state index contributed by atoms with van der Waals surface area (Å²) in [5, 5.41) is 19.6. The molecule has 1 aromatic rings. The fourth-order valence-electron chi connectivity index (χ4n) is 3.01. The van der Waals surface area contributed by atoms with E-state index in [4.69, 9.17) is 5.11 Å². The number of aliphatic carboxylic acids is 1. The maximum absolute atomic E-state index is 12.8. The predicted molar refractivity (Wildman–Crippen MR) is 83.4 cm³/mol. The van der Waals surface area contributed by atoms with E-state index < -0.39 is 10.9 Å². The number of carboxylic acid groups (broad SMARTS) is 1. The lowest BCUT2D eigenvalue weighted by Crippen LogP contribution is -2.44. The molecule has 1 unspecified atom stereocenters. The quantitative estimate of drug-likeness (QED) is 0.664. The molecule has 1 aliphatic heterocycles. The van der Waals surface area contributed by atoms with E-state index >= 15 is 0 Å². The Hall–Kier alpha value is -2.44. The first-order valence-electron chi connectivity index (χ1n) is 7.68. The SMILES string of the molecule is Cc1cc([N+](=O)[O-])ccc1C(=O)N1CCCCC1CCC(=O)O. The lowest BCUT2D eigenvalue weighted by Gasteiger charge is -2.36. The molecule has 7 heteroatoms. The molecular weight excluding hydrogens is 300 g/mol. The van der Waals surface area contributed by atoms with Crippen molar-refractivity contribution >= 4 is 17.6 Å². The minimum absolute atomic E-state index is 0.0354. The first kappa shape index (κ1) is 16.9. The van der Waals surface area contributed by atoms with Gasteiger partial charge in [-0.05, 0) is 44.2 Å². The van der Waals surface area contributed by atoms with Crippen LogP contribution in [0.2, 0.25) is 0 Å². The van der Waals surface area contributed by atoms with Gasteiger partial charge in [-0.2, -0.15) is 0 Å². The Labute approximate surface area is 134 Å². The first-order valence-corrected chi connectivity index (χ1v) is 7.68. The van der Waals surface area contributed by atoms with Crippen LogP contribution >= 0.6 is 0 Å². The number of rotatable bonds is 5. The van der Waals surface area contributed by atoms with E-state index in [0.29, 0.717) is 24.1 Å². The third-order valence-electron chi connectivity index (χ3n) is 4.23. The van der Waals surface area contributed by atoms with Gasteiger partial charge in [-0.15, -0.1) is 0 Å². The highest BCUT2D eigenvalue weighted by molar-refractivity contribution is 5.96. The average Bonchev–Trinajstić information content (AvgIpc) is 2.52. The maximum Gasteiger partial charge on any atom is 0.303 e. The summed E-state index contributed by atoms with van der Waals surface area (Å²) < 4.78 is 0. The Morgan fingerprint density at radius 1 is 1.39 bits per heavy atom. The molecule has 23 heavy (non-hydrogen) atoms. The summed E-state index contributed by atoms with van der Waals surface area (Å²) in [6.07, 6.45) is 3.14. The van der Waals surface area contributed by atoms with Gasteiger partial charge in [-0.1, -0.05) is 0 Å². The van der Waals surface area contributed by atoms with Crippen molar-refractivity contribution in [1.29, 1.82) is 0 Å². The predicted octanol–water partition coefficient (Wildman–Crippen LogP) is 2.76. The molecule has 1 atom stereocenters. The highest BCUT2D eigenvalue weighted by Crippen LogP contribution is 2.25. The molecule has 0 aromatic heterocycles. The summed E-state index contributed by atoms with van der Waals surface area (Å²) in [5.74, 6) is -1.04. The van der Waals surface area contributed by atoms with E-state index in [9.17, 15) is 19.7 Å². The smallest absolute Gasteiger partial charge is 0.303 e. The highest BCUT2D eigenvalue weighted by atomic mass is 16.6. The second-order valence-corrected chi connectivity index (χ2v) is 5.84. The number of carbonyl (C=O) groups excluding carboxylic acids is 1. The molecule has 1 aromatic carbocycles. The van der Waals surface area contributed by atoms with E-state index in [2.05, 4.69) is 0 Å². The first-order chi connectivity index (χ1) is 10.9. The van der Waals surface area contributed by atoms with Crippen molar-refractivity contribution in [3.63, 3.8) is 0 Å². The van der Waals surface area contributed by atoms with Gasteiger partial charge in [0.2, 0.25) is 0 Å². The van der Waals surface area contributed by atoms with Gasteiger partial charge >= 0.3 is 5.97 Å². The van der Waals surface area contributed by atoms with E-state index in [1.165, 1.54) is 18.2 Å². The van der Waals surface area contributed by atoms with Crippen LogP contribution in [0.15, 0.2) is 18.2 Å². The van der Waals surface area contributed by atoms with Crippen LogP contribution in [-0.2, 0) is 4.79 Å². The van der Waals surface area contributed by atoms with Crippen LogP contribution in [0.1, 0.15) is 48.0 Å². The molecular formula is C16H20N2O5. The van der Waals surface area contributed by atoms with Crippen molar-refractivity contribution in [3.8, 4) is 0 Å². The van der Waals surface area contributed by atoms with Gasteiger partial charge < -0.3 is 10.0 Å². The number of amides is 1. The van der Waals surface area contributed by atoms with E-state index in [1.54, 1.807) is 11.8 Å². The summed E-state index contributed by atoms with van der Waals surface area (Å²) in [5.41, 5.74) is 0.963. The monoisotopic (exact) mass is 320 g/mol. The van der Waals surface area contributed by atoms with Crippen LogP contribution in [-0.4, -0.2) is 39.4 Å². The van der Waals surface area contributed by atoms with E-state index in [0.717, 1.165) is 19.3 Å². The number of likely N-dealkylation sites (tertiary alicyclic amines) is 1. The zero-order valence-electron chi connectivity index (χ0n) is 13.0. The molecule has 1 aliphatic rings. The van der Waals surface area contributed by atoms with Crippen molar-refractivity contribution in [2.45, 2.75) is 45.1 Å². The molecule has 0 radical (unpaired) electrons. The third kappa shape index (κ3) is 4.06. The molecule has 0 spiro atoms. The van der Waals surface area contributed by atoms with Crippen molar-refractivity contribution < 1.29 is 19.6 Å². The van der Waals surface area contributed by atoms with Gasteiger partial charge in [-0.3, -0.25) is 19.7 Å². The van der Waals surface area contributed by atoms with Gasteiger partial charge in [0.15, 0.2) is 0 Å². The Kier molecular flexibility index (Phi) is 5.31. The minimum Gasteiger partial charge on any atom is -0.481 e. The number of carbonyl (C=O) groups is 2. The number of piperidine rings is 1. The topological polar surface area (TPSA) is 101 Å². The van der Waals surface area contributed by atoms with Gasteiger partial charge in [-0.25, -0.2) is 0 Å². The number of carboxylic acids is 1. The number of non-ortho nitro benzene ring substituents is 1. The number of nitrogens with zero attached hydrogens (tertiary/aromatic N) is 2. The fraction of sp³-hybridized carbons (Fsp3) is 0.500. The Balaban J connectivity index is 2.19. The summed E-state index contributed by atoms with van der Waals surface area (Å²) in [4.78, 5) is 35.6. The molecule has 0 bridgehead atoms. The third-order valence-corrected chi connectivity index (χ3v) is 4.23. The highest BCUT2D eigenvalue weighted by Gasteiger charge is 2.28. The van der Waals surface area contributed by atoms with Gasteiger partial charge in [0.25, 0.3) is 11.6 Å². The summed E-state index contributed by atoms with van der Waals surface area (Å²) in [7, 11) is 0. The summed E-state index contributed by atoms with van der Waals surface area (Å²) >= 11 is 0. The van der Waals surface area contributed by atoms with Crippen LogP contribution in [0.5, 0.6) is 0 Å². The second kappa shape index (κ2) is 7.21. The van der Waals surface area contributed by atoms with Crippen LogP contribution < -0.4 is 0 Å². The number of benzene rings is 1. The molecule has 7 nitrogen and oxygen atoms in total. The standard InChI is InChI=1S/C16H20N2O5/c1-11-10-13(18(22)23)5-7-14(11)16(21)17-9-3-2-4-12(17)6-8-15(19)20/h5,7,10,12H,2-4,6,8-9H2,1H3,(H,19,20). The fourth-order valence-corrected chi connectivity index (χ4v) is 3.01. The molecule has 1 fully saturated rings. The molecule has 0 saturated carbocycles. The van der Waals surface area contributed by atoms with E-state index in [-0.39, 0.29) is 24.1 Å². The Morgan fingerprint density at radius 3 is 2.74 bits per heavy atom. The summed E-state index contributed by atoms with van der Waals surface area (Å²) in [6, 6.07) is 4.13. The molecule has 2 rings (SSSR count). The van der Waals surface area contributed by atoms with Gasteiger partial charge in [0, 0.05) is 36.7 Å². The Morgan fingerprint density at radius 2 is 2.13 bits per heavy atom.